The first kappa shape index (κ1) is 16.3. The van der Waals surface area contributed by atoms with Crippen molar-refractivity contribution in [1.82, 2.24) is 0 Å². The van der Waals surface area contributed by atoms with Crippen LogP contribution in [0.3, 0.4) is 0 Å². The summed E-state index contributed by atoms with van der Waals surface area (Å²) in [5.41, 5.74) is 7.00. The summed E-state index contributed by atoms with van der Waals surface area (Å²) in [5.74, 6) is 0.765. The monoisotopic (exact) mass is 417 g/mol. The molecule has 3 nitrogen and oxygen atoms in total. The minimum atomic E-state index is -0.313. The van der Waals surface area contributed by atoms with Crippen LogP contribution in [0.5, 0.6) is 11.5 Å². The maximum Gasteiger partial charge on any atom is 0.175 e. The molecular formula is C15H14Br2FNO2. The molecule has 0 saturated carbocycles. The van der Waals surface area contributed by atoms with Crippen molar-refractivity contribution in [3.63, 3.8) is 0 Å². The Morgan fingerprint density at radius 2 is 1.95 bits per heavy atom. The summed E-state index contributed by atoms with van der Waals surface area (Å²) in [6, 6.07) is 8.38. The Morgan fingerprint density at radius 3 is 2.62 bits per heavy atom. The number of rotatable bonds is 5. The van der Waals surface area contributed by atoms with Crippen molar-refractivity contribution in [2.45, 2.75) is 13.2 Å². The third-order valence-electron chi connectivity index (χ3n) is 2.90. The summed E-state index contributed by atoms with van der Waals surface area (Å²) in [4.78, 5) is 0. The van der Waals surface area contributed by atoms with E-state index in [0.29, 0.717) is 23.6 Å². The maximum atomic E-state index is 13.7. The summed E-state index contributed by atoms with van der Waals surface area (Å²) in [7, 11) is 1.55. The van der Waals surface area contributed by atoms with E-state index >= 15 is 0 Å². The Kier molecular flexibility index (Phi) is 5.61. The van der Waals surface area contributed by atoms with Gasteiger partial charge in [-0.05, 0) is 51.8 Å². The van der Waals surface area contributed by atoms with E-state index in [0.717, 1.165) is 14.5 Å². The van der Waals surface area contributed by atoms with Gasteiger partial charge in [0.15, 0.2) is 11.5 Å². The third-order valence-corrected chi connectivity index (χ3v) is 3.99. The van der Waals surface area contributed by atoms with Crippen LogP contribution in [0, 0.1) is 5.82 Å². The fourth-order valence-corrected chi connectivity index (χ4v) is 2.85. The van der Waals surface area contributed by atoms with Gasteiger partial charge in [0, 0.05) is 16.6 Å². The molecule has 2 N–H and O–H groups in total. The first-order chi connectivity index (χ1) is 10.0. The Bertz CT molecular complexity index is 650. The Labute approximate surface area is 139 Å². The Morgan fingerprint density at radius 1 is 1.19 bits per heavy atom. The highest BCUT2D eigenvalue weighted by Gasteiger charge is 2.13. The highest BCUT2D eigenvalue weighted by molar-refractivity contribution is 9.10. The number of methoxy groups -OCH3 is 1. The lowest BCUT2D eigenvalue weighted by Crippen LogP contribution is -2.03. The van der Waals surface area contributed by atoms with E-state index in [2.05, 4.69) is 31.9 Å². The molecule has 0 aromatic heterocycles. The van der Waals surface area contributed by atoms with E-state index in [1.807, 2.05) is 6.07 Å². The lowest BCUT2D eigenvalue weighted by atomic mass is 10.2. The summed E-state index contributed by atoms with van der Waals surface area (Å²) in [6.07, 6.45) is 0. The average Bonchev–Trinajstić information content (AvgIpc) is 2.48. The zero-order valence-electron chi connectivity index (χ0n) is 11.3. The smallest absolute Gasteiger partial charge is 0.175 e. The van der Waals surface area contributed by atoms with E-state index in [9.17, 15) is 4.39 Å². The van der Waals surface area contributed by atoms with Crippen molar-refractivity contribution in [3.05, 3.63) is 56.2 Å². The molecule has 2 rings (SSSR count). The molecule has 0 atom stereocenters. The number of hydrogen-bond donors (Lipinski definition) is 1. The second-order valence-electron chi connectivity index (χ2n) is 4.34. The van der Waals surface area contributed by atoms with Gasteiger partial charge < -0.3 is 15.2 Å². The van der Waals surface area contributed by atoms with Crippen LogP contribution < -0.4 is 15.2 Å². The van der Waals surface area contributed by atoms with E-state index in [1.165, 1.54) is 6.07 Å². The van der Waals surface area contributed by atoms with E-state index in [-0.39, 0.29) is 12.4 Å². The zero-order valence-corrected chi connectivity index (χ0v) is 14.5. The standard InChI is InChI=1S/C15H14Br2FNO2/c1-20-14-5-9(7-19)4-12(17)15(14)21-8-10-6-11(16)2-3-13(10)18/h2-6H,7-8,19H2,1H3. The van der Waals surface area contributed by atoms with E-state index < -0.39 is 0 Å². The van der Waals surface area contributed by atoms with Crippen LogP contribution >= 0.6 is 31.9 Å². The second-order valence-corrected chi connectivity index (χ2v) is 6.11. The molecule has 0 saturated heterocycles. The van der Waals surface area contributed by atoms with Crippen molar-refractivity contribution in [3.8, 4) is 11.5 Å². The summed E-state index contributed by atoms with van der Waals surface area (Å²) in [5, 5.41) is 0. The number of halogens is 3. The molecule has 0 amide bonds. The first-order valence-electron chi connectivity index (χ1n) is 6.18. The van der Waals surface area contributed by atoms with Gasteiger partial charge in [-0.15, -0.1) is 0 Å². The summed E-state index contributed by atoms with van der Waals surface area (Å²) < 4.78 is 26.2. The molecule has 112 valence electrons. The molecule has 2 aromatic carbocycles. The molecule has 0 unspecified atom stereocenters. The van der Waals surface area contributed by atoms with Gasteiger partial charge in [-0.1, -0.05) is 15.9 Å². The van der Waals surface area contributed by atoms with Crippen LogP contribution in [0.15, 0.2) is 39.3 Å². The molecule has 0 bridgehead atoms. The third kappa shape index (κ3) is 3.96. The second kappa shape index (κ2) is 7.24. The number of nitrogens with two attached hydrogens (primary N) is 1. The number of ether oxygens (including phenoxy) is 2. The van der Waals surface area contributed by atoms with Crippen molar-refractivity contribution in [1.29, 1.82) is 0 Å². The number of benzene rings is 2. The van der Waals surface area contributed by atoms with Crippen LogP contribution in [-0.2, 0) is 13.2 Å². The van der Waals surface area contributed by atoms with Gasteiger partial charge in [-0.2, -0.15) is 0 Å². The van der Waals surface area contributed by atoms with Crippen molar-refractivity contribution in [2.75, 3.05) is 7.11 Å². The van der Waals surface area contributed by atoms with Gasteiger partial charge in [-0.25, -0.2) is 4.39 Å². The highest BCUT2D eigenvalue weighted by Crippen LogP contribution is 2.37. The zero-order chi connectivity index (χ0) is 15.4. The minimum absolute atomic E-state index is 0.0994. The van der Waals surface area contributed by atoms with Crippen molar-refractivity contribution >= 4 is 31.9 Å². The topological polar surface area (TPSA) is 44.5 Å². The van der Waals surface area contributed by atoms with Crippen LogP contribution in [0.25, 0.3) is 0 Å². The molecule has 2 aromatic rings. The molecule has 0 aliphatic rings. The molecular weight excluding hydrogens is 405 g/mol. The fourth-order valence-electron chi connectivity index (χ4n) is 1.84. The molecule has 6 heteroatoms. The first-order valence-corrected chi connectivity index (χ1v) is 7.77. The summed E-state index contributed by atoms with van der Waals surface area (Å²) >= 11 is 6.74. The lowest BCUT2D eigenvalue weighted by Gasteiger charge is -2.14. The summed E-state index contributed by atoms with van der Waals surface area (Å²) in [6.45, 7) is 0.498. The molecule has 0 fully saturated rings. The van der Waals surface area contributed by atoms with Gasteiger partial charge >= 0.3 is 0 Å². The average molecular weight is 419 g/mol. The Hall–Kier alpha value is -1.11. The van der Waals surface area contributed by atoms with E-state index in [1.54, 1.807) is 25.3 Å². The number of hydrogen-bond acceptors (Lipinski definition) is 3. The van der Waals surface area contributed by atoms with Gasteiger partial charge in [0.25, 0.3) is 0 Å². The van der Waals surface area contributed by atoms with Gasteiger partial charge in [0.05, 0.1) is 11.6 Å². The minimum Gasteiger partial charge on any atom is -0.493 e. The lowest BCUT2D eigenvalue weighted by molar-refractivity contribution is 0.277. The molecule has 0 aliphatic carbocycles. The van der Waals surface area contributed by atoms with Crippen molar-refractivity contribution in [2.24, 2.45) is 5.73 Å². The predicted octanol–water partition coefficient (Wildman–Crippen LogP) is 4.40. The predicted molar refractivity (Wildman–Crippen MR) is 87.0 cm³/mol. The van der Waals surface area contributed by atoms with E-state index in [4.69, 9.17) is 15.2 Å². The molecule has 0 heterocycles. The Balaban J connectivity index is 2.25. The van der Waals surface area contributed by atoms with Gasteiger partial charge in [-0.3, -0.25) is 0 Å². The fraction of sp³-hybridized carbons (Fsp3) is 0.200. The molecule has 0 aliphatic heterocycles. The van der Waals surface area contributed by atoms with Gasteiger partial charge in [0.2, 0.25) is 0 Å². The largest absolute Gasteiger partial charge is 0.493 e. The van der Waals surface area contributed by atoms with Gasteiger partial charge in [0.1, 0.15) is 12.4 Å². The van der Waals surface area contributed by atoms with Crippen LogP contribution in [0.4, 0.5) is 4.39 Å². The molecule has 0 spiro atoms. The molecule has 21 heavy (non-hydrogen) atoms. The molecule has 0 radical (unpaired) electrons. The highest BCUT2D eigenvalue weighted by atomic mass is 79.9. The van der Waals surface area contributed by atoms with Crippen LogP contribution in [0.2, 0.25) is 0 Å². The SMILES string of the molecule is COc1cc(CN)cc(Br)c1OCc1cc(Br)ccc1F. The maximum absolute atomic E-state index is 13.7. The van der Waals surface area contributed by atoms with Crippen LogP contribution in [0.1, 0.15) is 11.1 Å². The van der Waals surface area contributed by atoms with Crippen molar-refractivity contribution < 1.29 is 13.9 Å². The quantitative estimate of drug-likeness (QED) is 0.782. The normalized spacial score (nSPS) is 10.5. The van der Waals surface area contributed by atoms with Crippen LogP contribution in [-0.4, -0.2) is 7.11 Å².